The van der Waals surface area contributed by atoms with E-state index in [1.807, 2.05) is 24.4 Å². The minimum absolute atomic E-state index is 0.104. The third-order valence-corrected chi connectivity index (χ3v) is 6.60. The van der Waals surface area contributed by atoms with Gasteiger partial charge in [-0.05, 0) is 36.6 Å². The molecule has 2 aromatic heterocycles. The van der Waals surface area contributed by atoms with Crippen LogP contribution in [0.5, 0.6) is 0 Å². The van der Waals surface area contributed by atoms with Crippen LogP contribution in [0.3, 0.4) is 0 Å². The Kier molecular flexibility index (Phi) is 4.60. The number of likely N-dealkylation sites (tertiary alicyclic amines) is 1. The zero-order valence-corrected chi connectivity index (χ0v) is 17.7. The number of rotatable bonds is 3. The number of aromatic nitrogens is 3. The molecule has 0 aliphatic carbocycles. The van der Waals surface area contributed by atoms with E-state index in [2.05, 4.69) is 58.0 Å². The molecule has 2 aliphatic heterocycles. The summed E-state index contributed by atoms with van der Waals surface area (Å²) in [5, 5.41) is 4.69. The lowest BCUT2D eigenvalue weighted by Crippen LogP contribution is -2.49. The number of halogens is 1. The van der Waals surface area contributed by atoms with E-state index in [1.54, 1.807) is 0 Å². The Hall–Kier alpha value is -2.37. The van der Waals surface area contributed by atoms with E-state index in [4.69, 9.17) is 16.6 Å². The maximum Gasteiger partial charge on any atom is 0.161 e. The largest absolute Gasteiger partial charge is 0.371 e. The summed E-state index contributed by atoms with van der Waals surface area (Å²) in [5.41, 5.74) is 3.43. The van der Waals surface area contributed by atoms with Gasteiger partial charge in [0.25, 0.3) is 0 Å². The second-order valence-electron chi connectivity index (χ2n) is 8.44. The molecule has 1 fully saturated rings. The first-order chi connectivity index (χ1) is 14.1. The molecule has 150 valence electrons. The molecule has 1 N–H and O–H groups in total. The number of anilines is 1. The van der Waals surface area contributed by atoms with Crippen LogP contribution in [0.4, 0.5) is 5.69 Å². The van der Waals surface area contributed by atoms with Gasteiger partial charge in [0.15, 0.2) is 5.82 Å². The summed E-state index contributed by atoms with van der Waals surface area (Å²) in [6, 6.07) is 12.3. The van der Waals surface area contributed by atoms with Gasteiger partial charge in [-0.3, -0.25) is 9.47 Å². The summed E-state index contributed by atoms with van der Waals surface area (Å²) < 4.78 is 2.29. The van der Waals surface area contributed by atoms with Gasteiger partial charge < -0.3 is 5.32 Å². The highest BCUT2D eigenvalue weighted by atomic mass is 35.5. The highest BCUT2D eigenvalue weighted by molar-refractivity contribution is 6.31. The summed E-state index contributed by atoms with van der Waals surface area (Å²) in [4.78, 5) is 12.0. The van der Waals surface area contributed by atoms with Crippen LogP contribution in [0.25, 0.3) is 5.82 Å². The second-order valence-corrected chi connectivity index (χ2v) is 8.85. The Bertz CT molecular complexity index is 1030. The summed E-state index contributed by atoms with van der Waals surface area (Å²) in [6.45, 7) is 7.30. The van der Waals surface area contributed by atoms with Gasteiger partial charge >= 0.3 is 0 Å². The Balaban J connectivity index is 1.45. The van der Waals surface area contributed by atoms with Gasteiger partial charge in [0, 0.05) is 36.8 Å². The summed E-state index contributed by atoms with van der Waals surface area (Å²) in [6.07, 6.45) is 5.96. The fraction of sp³-hybridized carbons (Fsp3) is 0.391. The zero-order chi connectivity index (χ0) is 20.0. The van der Waals surface area contributed by atoms with Crippen molar-refractivity contribution < 1.29 is 0 Å². The molecule has 0 atom stereocenters. The molecule has 0 bridgehead atoms. The quantitative estimate of drug-likeness (QED) is 0.666. The van der Waals surface area contributed by atoms with E-state index < -0.39 is 0 Å². The number of hydrogen-bond acceptors (Lipinski definition) is 4. The average molecular weight is 408 g/mol. The fourth-order valence-electron chi connectivity index (χ4n) is 4.67. The van der Waals surface area contributed by atoms with E-state index in [0.29, 0.717) is 5.92 Å². The third kappa shape index (κ3) is 3.13. The minimum Gasteiger partial charge on any atom is -0.371 e. The average Bonchev–Trinajstić information content (AvgIpc) is 3.18. The van der Waals surface area contributed by atoms with Crippen LogP contribution in [0.2, 0.25) is 5.02 Å². The number of pyridine rings is 1. The first-order valence-corrected chi connectivity index (χ1v) is 10.7. The van der Waals surface area contributed by atoms with Gasteiger partial charge in [-0.25, -0.2) is 9.97 Å². The molecule has 5 rings (SSSR count). The van der Waals surface area contributed by atoms with Crippen LogP contribution < -0.4 is 5.32 Å². The lowest BCUT2D eigenvalue weighted by atomic mass is 9.82. The number of imidazole rings is 1. The number of piperidine rings is 1. The first kappa shape index (κ1) is 18.6. The highest BCUT2D eigenvalue weighted by Crippen LogP contribution is 2.44. The molecule has 1 spiro atoms. The predicted octanol–water partition coefficient (Wildman–Crippen LogP) is 4.96. The van der Waals surface area contributed by atoms with E-state index >= 15 is 0 Å². The lowest BCUT2D eigenvalue weighted by Gasteiger charge is -2.46. The van der Waals surface area contributed by atoms with E-state index in [-0.39, 0.29) is 5.54 Å². The summed E-state index contributed by atoms with van der Waals surface area (Å²) in [7, 11) is 0. The van der Waals surface area contributed by atoms with E-state index in [0.717, 1.165) is 54.8 Å². The van der Waals surface area contributed by atoms with Crippen molar-refractivity contribution >= 4 is 17.3 Å². The van der Waals surface area contributed by atoms with Crippen molar-refractivity contribution in [2.75, 3.05) is 18.4 Å². The van der Waals surface area contributed by atoms with Crippen LogP contribution in [0, 0.1) is 0 Å². The van der Waals surface area contributed by atoms with Gasteiger partial charge in [-0.1, -0.05) is 43.6 Å². The van der Waals surface area contributed by atoms with Crippen molar-refractivity contribution in [3.8, 4) is 5.82 Å². The molecule has 1 aromatic carbocycles. The molecular weight excluding hydrogens is 382 g/mol. The molecule has 1 saturated heterocycles. The van der Waals surface area contributed by atoms with Crippen molar-refractivity contribution in [2.45, 2.75) is 44.7 Å². The van der Waals surface area contributed by atoms with Crippen LogP contribution in [-0.2, 0) is 12.1 Å². The van der Waals surface area contributed by atoms with Crippen molar-refractivity contribution in [1.82, 2.24) is 19.4 Å². The zero-order valence-electron chi connectivity index (χ0n) is 16.9. The minimum atomic E-state index is -0.104. The van der Waals surface area contributed by atoms with Gasteiger partial charge in [0.2, 0.25) is 0 Å². The number of benzene rings is 1. The predicted molar refractivity (Wildman–Crippen MR) is 117 cm³/mol. The van der Waals surface area contributed by atoms with Crippen molar-refractivity contribution in [2.24, 2.45) is 0 Å². The molecule has 0 amide bonds. The smallest absolute Gasteiger partial charge is 0.161 e. The molecule has 0 saturated carbocycles. The molecule has 5 nitrogen and oxygen atoms in total. The monoisotopic (exact) mass is 407 g/mol. The summed E-state index contributed by atoms with van der Waals surface area (Å²) >= 11 is 6.38. The van der Waals surface area contributed by atoms with Gasteiger partial charge in [0.05, 0.1) is 23.1 Å². The first-order valence-electron chi connectivity index (χ1n) is 10.3. The Labute approximate surface area is 176 Å². The lowest BCUT2D eigenvalue weighted by molar-refractivity contribution is 0.161. The van der Waals surface area contributed by atoms with Crippen LogP contribution in [-0.4, -0.2) is 32.5 Å². The van der Waals surface area contributed by atoms with E-state index in [1.165, 1.54) is 11.3 Å². The van der Waals surface area contributed by atoms with Gasteiger partial charge in [-0.15, -0.1) is 0 Å². The number of nitrogens with one attached hydrogen (secondary N) is 1. The number of nitrogens with zero attached hydrogens (tertiary/aromatic N) is 4. The molecule has 6 heteroatoms. The molecule has 0 unspecified atom stereocenters. The summed E-state index contributed by atoms with van der Waals surface area (Å²) in [5.74, 6) is 2.39. The van der Waals surface area contributed by atoms with Crippen LogP contribution >= 0.6 is 11.6 Å². The Morgan fingerprint density at radius 1 is 1.10 bits per heavy atom. The Morgan fingerprint density at radius 3 is 2.66 bits per heavy atom. The highest BCUT2D eigenvalue weighted by Gasteiger charge is 2.43. The molecule has 0 radical (unpaired) electrons. The second kappa shape index (κ2) is 7.15. The van der Waals surface area contributed by atoms with Gasteiger partial charge in [0.1, 0.15) is 5.82 Å². The Morgan fingerprint density at radius 2 is 1.90 bits per heavy atom. The molecular formula is C23H26ClN5. The number of fused-ring (bicyclic) bond motifs is 4. The maximum atomic E-state index is 6.38. The van der Waals surface area contributed by atoms with Crippen molar-refractivity contribution in [3.05, 3.63) is 70.9 Å². The topological polar surface area (TPSA) is 46.0 Å². The normalized spacial score (nSPS) is 17.8. The van der Waals surface area contributed by atoms with Crippen LogP contribution in [0.1, 0.15) is 49.7 Å². The number of hydrogen-bond donors (Lipinski definition) is 1. The third-order valence-electron chi connectivity index (χ3n) is 6.23. The van der Waals surface area contributed by atoms with Crippen molar-refractivity contribution in [3.63, 3.8) is 0 Å². The van der Waals surface area contributed by atoms with Crippen LogP contribution in [0.15, 0.2) is 48.8 Å². The maximum absolute atomic E-state index is 6.38. The SMILES string of the molecule is CC(C)c1ncc2n1-c1ncccc1NC21CCN(Cc2ccccc2Cl)CC1. The molecule has 29 heavy (non-hydrogen) atoms. The van der Waals surface area contributed by atoms with Gasteiger partial charge in [-0.2, -0.15) is 0 Å². The van der Waals surface area contributed by atoms with E-state index in [9.17, 15) is 0 Å². The fourth-order valence-corrected chi connectivity index (χ4v) is 4.87. The van der Waals surface area contributed by atoms with Crippen molar-refractivity contribution in [1.29, 1.82) is 0 Å². The molecule has 2 aliphatic rings. The molecule has 4 heterocycles. The standard InChI is InChI=1S/C23H26ClN5/c1-16(2)21-26-14-20-23(27-19-8-5-11-25-22(19)29(20)21)9-12-28(13-10-23)15-17-6-3-4-7-18(17)24/h3-8,11,14,16,27H,9-10,12-13,15H2,1-2H3. The molecule has 3 aromatic rings.